The van der Waals surface area contributed by atoms with Crippen LogP contribution in [0.2, 0.25) is 0 Å². The van der Waals surface area contributed by atoms with Crippen LogP contribution in [0.4, 0.5) is 16.2 Å². The maximum atomic E-state index is 13.6. The highest BCUT2D eigenvalue weighted by Crippen LogP contribution is 2.52. The molecule has 50 heavy (non-hydrogen) atoms. The van der Waals surface area contributed by atoms with Crippen LogP contribution < -0.4 is 5.73 Å². The van der Waals surface area contributed by atoms with Crippen molar-refractivity contribution in [2.75, 3.05) is 18.1 Å². The first kappa shape index (κ1) is 36.6. The number of rotatable bonds is 14. The van der Waals surface area contributed by atoms with Gasteiger partial charge in [-0.15, -0.1) is 23.5 Å². The third-order valence-electron chi connectivity index (χ3n) is 8.79. The lowest BCUT2D eigenvalue weighted by molar-refractivity contribution is -0.385. The molecule has 0 spiro atoms. The smallest absolute Gasteiger partial charge is 0.410 e. The minimum absolute atomic E-state index is 0.0480. The lowest BCUT2D eigenvalue weighted by Gasteiger charge is -2.46. The van der Waals surface area contributed by atoms with Gasteiger partial charge in [0.1, 0.15) is 18.9 Å². The van der Waals surface area contributed by atoms with Crippen LogP contribution in [0.15, 0.2) is 59.1 Å². The number of thioether (sulfide) groups is 2. The normalized spacial score (nSPS) is 23.3. The zero-order valence-electron chi connectivity index (χ0n) is 27.0. The molecule has 2 aromatic rings. The predicted molar refractivity (Wildman–Crippen MR) is 181 cm³/mol. The molecule has 2 fully saturated rings. The van der Waals surface area contributed by atoms with Crippen LogP contribution in [0.5, 0.6) is 0 Å². The number of aliphatic hydroxyl groups is 1. The van der Waals surface area contributed by atoms with Crippen LogP contribution in [0.3, 0.4) is 0 Å². The number of nitrogens with two attached hydrogens (primary N) is 1. The summed E-state index contributed by atoms with van der Waals surface area (Å²) in [6, 6.07) is 10.3. The number of ether oxygens (including phenoxy) is 2. The highest BCUT2D eigenvalue weighted by atomic mass is 32.2. The number of esters is 1. The molecule has 18 heteroatoms. The molecule has 2 saturated heterocycles. The molecule has 3 heterocycles. The van der Waals surface area contributed by atoms with Gasteiger partial charge in [-0.25, -0.2) is 9.59 Å². The summed E-state index contributed by atoms with van der Waals surface area (Å²) in [5, 5.41) is 32.1. The van der Waals surface area contributed by atoms with Crippen molar-refractivity contribution in [2.24, 2.45) is 17.6 Å². The van der Waals surface area contributed by atoms with Crippen LogP contribution in [-0.2, 0) is 37.1 Å². The van der Waals surface area contributed by atoms with Crippen LogP contribution in [-0.4, -0.2) is 90.1 Å². The summed E-state index contributed by atoms with van der Waals surface area (Å²) in [5.74, 6) is -2.30. The van der Waals surface area contributed by atoms with Crippen LogP contribution in [0.1, 0.15) is 31.4 Å². The molecule has 2 aromatic carbocycles. The average Bonchev–Trinajstić information content (AvgIpc) is 3.58. The maximum Gasteiger partial charge on any atom is 0.410 e. The molecule has 3 aliphatic rings. The van der Waals surface area contributed by atoms with Crippen molar-refractivity contribution in [1.29, 1.82) is 0 Å². The number of nitro benzene ring substituents is 2. The minimum atomic E-state index is -0.952. The quantitative estimate of drug-likeness (QED) is 0.123. The number of primary amides is 1. The number of amides is 3. The van der Waals surface area contributed by atoms with Gasteiger partial charge in [0.25, 0.3) is 11.4 Å². The Morgan fingerprint density at radius 1 is 1.00 bits per heavy atom. The number of fused-ring (bicyclic) bond motifs is 1. The second kappa shape index (κ2) is 15.5. The average molecular weight is 730 g/mol. The van der Waals surface area contributed by atoms with Crippen LogP contribution in [0.25, 0.3) is 0 Å². The van der Waals surface area contributed by atoms with Crippen molar-refractivity contribution >= 4 is 58.8 Å². The molecular formula is C32H35N5O11S2. The van der Waals surface area contributed by atoms with E-state index in [1.54, 1.807) is 4.90 Å². The van der Waals surface area contributed by atoms with Crippen molar-refractivity contribution in [2.45, 2.75) is 56.9 Å². The number of benzene rings is 2. The number of carbonyl (C=O) groups excluding carboxylic acids is 4. The van der Waals surface area contributed by atoms with Gasteiger partial charge in [0, 0.05) is 58.7 Å². The molecule has 3 aliphatic heterocycles. The minimum Gasteiger partial charge on any atom is -0.456 e. The SMILES string of the molecule is C[C@@H](O)[C@H]1C(=O)N2C(C(=O)OCc3ccc([N+](=O)[O-])cc3)=C(S[C@H]3C[C@@H](CSCC(N)=O)N(C(=O)OCc4ccc([N+](=O)[O-])cc4)C3)[C@H](C)[C@H]12. The van der Waals surface area contributed by atoms with E-state index in [1.165, 1.54) is 83.9 Å². The van der Waals surface area contributed by atoms with Gasteiger partial charge < -0.3 is 30.1 Å². The molecular weight excluding hydrogens is 695 g/mol. The van der Waals surface area contributed by atoms with E-state index in [9.17, 15) is 44.5 Å². The summed E-state index contributed by atoms with van der Waals surface area (Å²) in [6.45, 7) is 3.28. The van der Waals surface area contributed by atoms with Crippen LogP contribution in [0, 0.1) is 32.1 Å². The number of aliphatic hydroxyl groups excluding tert-OH is 1. The number of nitrogens with zero attached hydrogens (tertiary/aromatic N) is 4. The molecule has 0 unspecified atom stereocenters. The number of hydrogen-bond donors (Lipinski definition) is 2. The Morgan fingerprint density at radius 3 is 2.08 bits per heavy atom. The summed E-state index contributed by atoms with van der Waals surface area (Å²) in [4.78, 5) is 76.0. The first-order valence-corrected chi connectivity index (χ1v) is 17.6. The molecule has 16 nitrogen and oxygen atoms in total. The Bertz CT molecular complexity index is 1700. The first-order valence-electron chi connectivity index (χ1n) is 15.6. The van der Waals surface area contributed by atoms with Gasteiger partial charge in [0.2, 0.25) is 11.8 Å². The molecule has 0 aliphatic carbocycles. The van der Waals surface area contributed by atoms with E-state index >= 15 is 0 Å². The fourth-order valence-corrected chi connectivity index (χ4v) is 8.83. The van der Waals surface area contributed by atoms with Crippen LogP contribution >= 0.6 is 23.5 Å². The number of likely N-dealkylation sites (tertiary alicyclic amines) is 1. The second-order valence-corrected chi connectivity index (χ2v) is 14.6. The van der Waals surface area contributed by atoms with Gasteiger partial charge in [0.15, 0.2) is 0 Å². The molecule has 0 bridgehead atoms. The van der Waals surface area contributed by atoms with Gasteiger partial charge in [-0.3, -0.25) is 29.8 Å². The van der Waals surface area contributed by atoms with Crippen molar-refractivity contribution in [3.8, 4) is 0 Å². The van der Waals surface area contributed by atoms with Gasteiger partial charge >= 0.3 is 12.1 Å². The molecule has 0 saturated carbocycles. The third-order valence-corrected chi connectivity index (χ3v) is 11.4. The largest absolute Gasteiger partial charge is 0.456 e. The fraction of sp³-hybridized carbons (Fsp3) is 0.438. The fourth-order valence-electron chi connectivity index (χ4n) is 6.36. The summed E-state index contributed by atoms with van der Waals surface area (Å²) >= 11 is 2.62. The molecule has 5 rings (SSSR count). The Balaban J connectivity index is 1.33. The number of nitro groups is 2. The molecule has 0 aromatic heterocycles. The number of carbonyl (C=O) groups is 4. The van der Waals surface area contributed by atoms with E-state index in [1.807, 2.05) is 6.92 Å². The number of non-ortho nitro benzene ring substituents is 2. The monoisotopic (exact) mass is 729 g/mol. The lowest BCUT2D eigenvalue weighted by Crippen LogP contribution is -2.63. The summed E-state index contributed by atoms with van der Waals surface area (Å²) in [6.07, 6.45) is -1.12. The van der Waals surface area contributed by atoms with E-state index in [2.05, 4.69) is 0 Å². The van der Waals surface area contributed by atoms with Crippen molar-refractivity contribution < 1.29 is 43.6 Å². The Morgan fingerprint density at radius 2 is 1.56 bits per heavy atom. The van der Waals surface area contributed by atoms with E-state index in [0.29, 0.717) is 28.2 Å². The first-order chi connectivity index (χ1) is 23.8. The molecule has 0 radical (unpaired) electrons. The zero-order chi connectivity index (χ0) is 36.3. The van der Waals surface area contributed by atoms with Gasteiger partial charge in [-0.2, -0.15) is 0 Å². The molecule has 3 N–H and O–H groups in total. The number of β-lactam (4-membered cyclic amide) rings is 1. The Labute approximate surface area is 294 Å². The van der Waals surface area contributed by atoms with Gasteiger partial charge in [-0.1, -0.05) is 6.92 Å². The van der Waals surface area contributed by atoms with Gasteiger partial charge in [-0.05, 0) is 48.7 Å². The van der Waals surface area contributed by atoms with Crippen molar-refractivity contribution in [3.05, 3.63) is 90.5 Å². The number of hydrogen-bond acceptors (Lipinski definition) is 13. The molecule has 6 atom stereocenters. The van der Waals surface area contributed by atoms with E-state index in [-0.39, 0.29) is 59.8 Å². The van der Waals surface area contributed by atoms with E-state index in [0.717, 1.165) is 0 Å². The van der Waals surface area contributed by atoms with E-state index in [4.69, 9.17) is 15.2 Å². The standard InChI is InChI=1S/C32H35N5O11S2/c1-17-27-26(18(2)38)30(40)35(27)28(31(41)47-13-19-3-7-21(8-4-19)36(43)44)29(17)50-24-11-23(15-49-16-25(33)39)34(12-24)32(42)48-14-20-5-9-22(10-6-20)37(45)46/h3-10,17-18,23-24,26-27,38H,11-16H2,1-2H3,(H2,33,39)/t17-,18-,23+,24+,26-,27-/m1/s1. The predicted octanol–water partition coefficient (Wildman–Crippen LogP) is 3.35. The van der Waals surface area contributed by atoms with Crippen molar-refractivity contribution in [1.82, 2.24) is 9.80 Å². The molecule has 266 valence electrons. The van der Waals surface area contributed by atoms with Gasteiger partial charge in [0.05, 0.1) is 33.7 Å². The summed E-state index contributed by atoms with van der Waals surface area (Å²) < 4.78 is 11.2. The third kappa shape index (κ3) is 7.87. The van der Waals surface area contributed by atoms with Crippen molar-refractivity contribution in [3.63, 3.8) is 0 Å². The highest BCUT2D eigenvalue weighted by molar-refractivity contribution is 8.03. The Kier molecular flexibility index (Phi) is 11.3. The second-order valence-electron chi connectivity index (χ2n) is 12.2. The highest BCUT2D eigenvalue weighted by Gasteiger charge is 2.60. The van der Waals surface area contributed by atoms with E-state index < -0.39 is 51.8 Å². The lowest BCUT2D eigenvalue weighted by atomic mass is 9.79. The summed E-state index contributed by atoms with van der Waals surface area (Å²) in [7, 11) is 0. The Hall–Kier alpha value is -4.68. The summed E-state index contributed by atoms with van der Waals surface area (Å²) in [5.41, 5.74) is 6.24. The maximum absolute atomic E-state index is 13.6. The topological polar surface area (TPSA) is 226 Å². The molecule has 3 amide bonds. The zero-order valence-corrected chi connectivity index (χ0v) is 28.7.